The summed E-state index contributed by atoms with van der Waals surface area (Å²) < 4.78 is 44.2. The standard InChI is InChI=1S/C47H42O9/c1-32(48)54-46-44-42(53-31-37-21-13-6-14-22-37)26-39(50-28-34-15-7-3-8-16-34)27-43(44)56-45(47(46)55-33(2)49)38-23-24-40(51-29-35-17-9-4-10-18-35)41(25-38)52-30-36-19-11-5-12-20-36/h3-27,45-47H,28-31H2,1-2H3/t45-,46-,47+/m1/s1. The lowest BCUT2D eigenvalue weighted by Gasteiger charge is -2.39. The SMILES string of the molecule is CC(=O)O[C@H]1[C@@H](c2ccc(OCc3ccccc3)c(OCc3ccccc3)c2)Oc2cc(OCc3ccccc3)cc(OCc3ccccc3)c2[C@H]1OC(C)=O. The van der Waals surface area contributed by atoms with Crippen LogP contribution in [0.3, 0.4) is 0 Å². The summed E-state index contributed by atoms with van der Waals surface area (Å²) in [6.07, 6.45) is -3.18. The van der Waals surface area contributed by atoms with E-state index < -0.39 is 30.3 Å². The van der Waals surface area contributed by atoms with Crippen molar-refractivity contribution in [3.63, 3.8) is 0 Å². The van der Waals surface area contributed by atoms with Crippen LogP contribution in [-0.2, 0) is 45.5 Å². The van der Waals surface area contributed by atoms with Crippen molar-refractivity contribution in [3.05, 3.63) is 185 Å². The minimum absolute atomic E-state index is 0.205. The number of esters is 2. The molecule has 6 aromatic rings. The largest absolute Gasteiger partial charge is 0.489 e. The average molecular weight is 751 g/mol. The van der Waals surface area contributed by atoms with Crippen LogP contribution in [-0.4, -0.2) is 18.0 Å². The summed E-state index contributed by atoms with van der Waals surface area (Å²) in [7, 11) is 0. The van der Waals surface area contributed by atoms with Gasteiger partial charge in [0.1, 0.15) is 43.7 Å². The van der Waals surface area contributed by atoms with Crippen LogP contribution in [0.2, 0.25) is 0 Å². The van der Waals surface area contributed by atoms with Gasteiger partial charge in [0.15, 0.2) is 29.8 Å². The molecule has 6 aromatic carbocycles. The first-order valence-corrected chi connectivity index (χ1v) is 18.4. The van der Waals surface area contributed by atoms with Crippen LogP contribution in [0.1, 0.15) is 59.4 Å². The lowest BCUT2D eigenvalue weighted by Crippen LogP contribution is -2.40. The van der Waals surface area contributed by atoms with E-state index in [1.807, 2.05) is 133 Å². The Labute approximate surface area is 326 Å². The zero-order chi connectivity index (χ0) is 38.7. The van der Waals surface area contributed by atoms with E-state index >= 15 is 0 Å². The Morgan fingerprint density at radius 1 is 0.500 bits per heavy atom. The van der Waals surface area contributed by atoms with Gasteiger partial charge in [-0.1, -0.05) is 127 Å². The molecule has 0 radical (unpaired) electrons. The third kappa shape index (κ3) is 9.67. The Kier molecular flexibility index (Phi) is 12.1. The van der Waals surface area contributed by atoms with E-state index in [0.717, 1.165) is 22.3 Å². The molecule has 0 unspecified atom stereocenters. The van der Waals surface area contributed by atoms with Crippen molar-refractivity contribution in [1.29, 1.82) is 0 Å². The Morgan fingerprint density at radius 3 is 1.46 bits per heavy atom. The van der Waals surface area contributed by atoms with Crippen LogP contribution < -0.4 is 23.7 Å². The summed E-state index contributed by atoms with van der Waals surface area (Å²) in [5.74, 6) is 0.976. The molecule has 0 aromatic heterocycles. The first-order chi connectivity index (χ1) is 27.4. The number of ether oxygens (including phenoxy) is 7. The van der Waals surface area contributed by atoms with Gasteiger partial charge in [-0.05, 0) is 34.4 Å². The lowest BCUT2D eigenvalue weighted by atomic mass is 9.90. The van der Waals surface area contributed by atoms with Crippen molar-refractivity contribution in [2.75, 3.05) is 0 Å². The third-order valence-corrected chi connectivity index (χ3v) is 9.06. The molecule has 7 rings (SSSR count). The lowest BCUT2D eigenvalue weighted by molar-refractivity contribution is -0.178. The average Bonchev–Trinajstić information content (AvgIpc) is 3.22. The van der Waals surface area contributed by atoms with Gasteiger partial charge in [0, 0.05) is 31.5 Å². The molecule has 0 saturated carbocycles. The van der Waals surface area contributed by atoms with Crippen LogP contribution in [0.25, 0.3) is 0 Å². The Balaban J connectivity index is 1.29. The Morgan fingerprint density at radius 2 is 0.964 bits per heavy atom. The van der Waals surface area contributed by atoms with Gasteiger partial charge in [-0.15, -0.1) is 0 Å². The van der Waals surface area contributed by atoms with E-state index in [1.54, 1.807) is 18.2 Å². The van der Waals surface area contributed by atoms with Crippen molar-refractivity contribution >= 4 is 11.9 Å². The zero-order valence-electron chi connectivity index (χ0n) is 31.2. The van der Waals surface area contributed by atoms with Crippen molar-refractivity contribution in [2.24, 2.45) is 0 Å². The first kappa shape index (κ1) is 37.6. The van der Waals surface area contributed by atoms with Gasteiger partial charge in [-0.3, -0.25) is 9.59 Å². The zero-order valence-corrected chi connectivity index (χ0v) is 31.2. The number of carbonyl (C=O) groups is 2. The smallest absolute Gasteiger partial charge is 0.303 e. The monoisotopic (exact) mass is 750 g/mol. The van der Waals surface area contributed by atoms with Gasteiger partial charge in [0.25, 0.3) is 0 Å². The molecule has 0 fully saturated rings. The highest BCUT2D eigenvalue weighted by atomic mass is 16.6. The third-order valence-electron chi connectivity index (χ3n) is 9.06. The van der Waals surface area contributed by atoms with Gasteiger partial charge in [-0.25, -0.2) is 0 Å². The fourth-order valence-corrected chi connectivity index (χ4v) is 6.44. The summed E-state index contributed by atoms with van der Waals surface area (Å²) in [4.78, 5) is 25.6. The minimum atomic E-state index is -1.11. The molecule has 284 valence electrons. The van der Waals surface area contributed by atoms with E-state index in [2.05, 4.69) is 0 Å². The van der Waals surface area contributed by atoms with E-state index in [1.165, 1.54) is 13.8 Å². The summed E-state index contributed by atoms with van der Waals surface area (Å²) in [5, 5.41) is 0. The van der Waals surface area contributed by atoms with Gasteiger partial charge in [0.05, 0.1) is 5.56 Å². The van der Waals surface area contributed by atoms with E-state index in [9.17, 15) is 9.59 Å². The fraction of sp³-hybridized carbons (Fsp3) is 0.191. The molecule has 0 bridgehead atoms. The second-order valence-corrected chi connectivity index (χ2v) is 13.3. The topological polar surface area (TPSA) is 98.8 Å². The van der Waals surface area contributed by atoms with Crippen molar-refractivity contribution in [1.82, 2.24) is 0 Å². The normalized spacial score (nSPS) is 15.7. The van der Waals surface area contributed by atoms with Gasteiger partial charge < -0.3 is 33.2 Å². The maximum Gasteiger partial charge on any atom is 0.303 e. The van der Waals surface area contributed by atoms with Crippen LogP contribution in [0.15, 0.2) is 152 Å². The highest BCUT2D eigenvalue weighted by Gasteiger charge is 2.46. The molecule has 3 atom stereocenters. The van der Waals surface area contributed by atoms with Crippen molar-refractivity contribution in [2.45, 2.75) is 58.6 Å². The summed E-state index contributed by atoms with van der Waals surface area (Å²) in [6.45, 7) is 3.70. The van der Waals surface area contributed by atoms with Crippen LogP contribution >= 0.6 is 0 Å². The summed E-state index contributed by atoms with van der Waals surface area (Å²) in [6, 6.07) is 48.0. The van der Waals surface area contributed by atoms with Gasteiger partial charge >= 0.3 is 11.9 Å². The highest BCUT2D eigenvalue weighted by molar-refractivity contribution is 5.69. The number of hydrogen-bond donors (Lipinski definition) is 0. The minimum Gasteiger partial charge on any atom is -0.489 e. The van der Waals surface area contributed by atoms with E-state index in [-0.39, 0.29) is 19.8 Å². The second kappa shape index (κ2) is 18.1. The second-order valence-electron chi connectivity index (χ2n) is 13.3. The van der Waals surface area contributed by atoms with Crippen molar-refractivity contribution in [3.8, 4) is 28.7 Å². The van der Waals surface area contributed by atoms with E-state index in [0.29, 0.717) is 46.5 Å². The van der Waals surface area contributed by atoms with Crippen molar-refractivity contribution < 1.29 is 42.7 Å². The fourth-order valence-electron chi connectivity index (χ4n) is 6.44. The molecule has 0 N–H and O–H groups in total. The van der Waals surface area contributed by atoms with Gasteiger partial charge in [0.2, 0.25) is 0 Å². The highest BCUT2D eigenvalue weighted by Crippen LogP contribution is 2.51. The molecule has 56 heavy (non-hydrogen) atoms. The number of benzene rings is 6. The maximum atomic E-state index is 12.8. The maximum absolute atomic E-state index is 12.8. The summed E-state index contributed by atoms with van der Waals surface area (Å²) >= 11 is 0. The number of rotatable bonds is 15. The van der Waals surface area contributed by atoms with Gasteiger partial charge in [-0.2, -0.15) is 0 Å². The van der Waals surface area contributed by atoms with Crippen LogP contribution in [0.4, 0.5) is 0 Å². The molecule has 1 aliphatic rings. The quantitative estimate of drug-likeness (QED) is 0.0951. The molecule has 0 spiro atoms. The Hall–Kier alpha value is -6.74. The van der Waals surface area contributed by atoms with Crippen LogP contribution in [0.5, 0.6) is 28.7 Å². The molecular weight excluding hydrogens is 709 g/mol. The molecule has 1 aliphatic heterocycles. The predicted octanol–water partition coefficient (Wildman–Crippen LogP) is 9.67. The summed E-state index contributed by atoms with van der Waals surface area (Å²) in [5.41, 5.74) is 4.86. The molecule has 1 heterocycles. The predicted molar refractivity (Wildman–Crippen MR) is 209 cm³/mol. The molecule has 0 saturated heterocycles. The first-order valence-electron chi connectivity index (χ1n) is 18.4. The Bertz CT molecular complexity index is 2210. The molecule has 0 aliphatic carbocycles. The van der Waals surface area contributed by atoms with E-state index in [4.69, 9.17) is 33.2 Å². The number of fused-ring (bicyclic) bond motifs is 1. The molecule has 0 amide bonds. The number of carbonyl (C=O) groups excluding carboxylic acids is 2. The number of hydrogen-bond acceptors (Lipinski definition) is 9. The molecule has 9 heteroatoms. The molecular formula is C47H42O9. The van der Waals surface area contributed by atoms with Crippen LogP contribution in [0, 0.1) is 0 Å². The molecule has 9 nitrogen and oxygen atoms in total.